The number of phenolic OH excluding ortho intramolecular Hbond substituents is 1. The van der Waals surface area contributed by atoms with E-state index in [1.54, 1.807) is 29.6 Å². The zero-order chi connectivity index (χ0) is 14.0. The lowest BCUT2D eigenvalue weighted by Gasteiger charge is -2.16. The number of phenols is 1. The van der Waals surface area contributed by atoms with E-state index in [1.807, 2.05) is 6.92 Å². The van der Waals surface area contributed by atoms with Gasteiger partial charge in [0.15, 0.2) is 0 Å². The molecule has 0 radical (unpaired) electrons. The molecule has 0 saturated carbocycles. The fourth-order valence-corrected chi connectivity index (χ4v) is 2.71. The van der Waals surface area contributed by atoms with Gasteiger partial charge in [0, 0.05) is 17.5 Å². The second-order valence-electron chi connectivity index (χ2n) is 4.19. The Morgan fingerprint density at radius 1 is 1.53 bits per heavy atom. The topological polar surface area (TPSA) is 53.4 Å². The van der Waals surface area contributed by atoms with Crippen LogP contribution in [-0.4, -0.2) is 27.9 Å². The second-order valence-corrected chi connectivity index (χ2v) is 5.98. The van der Waals surface area contributed by atoms with Crippen molar-refractivity contribution < 1.29 is 9.90 Å². The molecule has 0 fully saturated rings. The predicted octanol–water partition coefficient (Wildman–Crippen LogP) is 3.19. The van der Waals surface area contributed by atoms with Crippen molar-refractivity contribution in [1.29, 1.82) is 0 Å². The molecule has 0 bridgehead atoms. The van der Waals surface area contributed by atoms with Gasteiger partial charge in [0.25, 0.3) is 5.91 Å². The molecule has 0 atom stereocenters. The van der Waals surface area contributed by atoms with E-state index in [-0.39, 0.29) is 11.7 Å². The number of hydrogen-bond acceptors (Lipinski definition) is 4. The van der Waals surface area contributed by atoms with Crippen molar-refractivity contribution in [2.45, 2.75) is 13.5 Å². The highest BCUT2D eigenvalue weighted by Gasteiger charge is 2.15. The molecule has 1 aromatic heterocycles. The van der Waals surface area contributed by atoms with Crippen molar-refractivity contribution in [3.05, 3.63) is 44.3 Å². The summed E-state index contributed by atoms with van der Waals surface area (Å²) in [4.78, 5) is 19.1. The summed E-state index contributed by atoms with van der Waals surface area (Å²) in [5, 5.41) is 9.61. The molecule has 0 aliphatic carbocycles. The van der Waals surface area contributed by atoms with Crippen LogP contribution in [0.25, 0.3) is 0 Å². The number of aryl methyl sites for hydroxylation is 1. The van der Waals surface area contributed by atoms with Gasteiger partial charge in [-0.15, -0.1) is 11.3 Å². The average Bonchev–Trinajstić information content (AvgIpc) is 2.77. The number of nitrogens with zero attached hydrogens (tertiary/aromatic N) is 2. The first kappa shape index (κ1) is 14.0. The molecule has 0 spiro atoms. The average molecular weight is 341 g/mol. The van der Waals surface area contributed by atoms with Crippen molar-refractivity contribution in [2.75, 3.05) is 7.05 Å². The van der Waals surface area contributed by atoms with Crippen LogP contribution in [0.4, 0.5) is 0 Å². The molecule has 1 heterocycles. The molecular weight excluding hydrogens is 328 g/mol. The van der Waals surface area contributed by atoms with E-state index >= 15 is 0 Å². The number of carbonyl (C=O) groups is 1. The van der Waals surface area contributed by atoms with Gasteiger partial charge in [-0.3, -0.25) is 4.79 Å². The lowest BCUT2D eigenvalue weighted by atomic mass is 10.2. The van der Waals surface area contributed by atoms with Crippen LogP contribution in [0.5, 0.6) is 5.75 Å². The molecule has 4 nitrogen and oxygen atoms in total. The van der Waals surface area contributed by atoms with Crippen molar-refractivity contribution in [2.24, 2.45) is 0 Å². The first-order valence-electron chi connectivity index (χ1n) is 5.62. The number of amides is 1. The normalized spacial score (nSPS) is 10.5. The van der Waals surface area contributed by atoms with Gasteiger partial charge >= 0.3 is 0 Å². The second kappa shape index (κ2) is 5.71. The number of thiazole rings is 1. The molecule has 1 aromatic carbocycles. The quantitative estimate of drug-likeness (QED) is 0.933. The summed E-state index contributed by atoms with van der Waals surface area (Å²) in [5.74, 6) is -0.0659. The summed E-state index contributed by atoms with van der Waals surface area (Å²) < 4.78 is 0.574. The maximum Gasteiger partial charge on any atom is 0.254 e. The highest BCUT2D eigenvalue weighted by Crippen LogP contribution is 2.25. The van der Waals surface area contributed by atoms with E-state index in [2.05, 4.69) is 20.9 Å². The fourth-order valence-electron chi connectivity index (χ4n) is 1.63. The van der Waals surface area contributed by atoms with Gasteiger partial charge < -0.3 is 10.0 Å². The van der Waals surface area contributed by atoms with E-state index < -0.39 is 0 Å². The lowest BCUT2D eigenvalue weighted by Crippen LogP contribution is -2.26. The molecule has 2 aromatic rings. The zero-order valence-electron chi connectivity index (χ0n) is 10.6. The number of aromatic nitrogens is 1. The minimum Gasteiger partial charge on any atom is -0.507 e. The number of halogens is 1. The van der Waals surface area contributed by atoms with Gasteiger partial charge in [0.05, 0.1) is 22.2 Å². The molecule has 1 N–H and O–H groups in total. The minimum absolute atomic E-state index is 0.0632. The monoisotopic (exact) mass is 340 g/mol. The third-order valence-electron chi connectivity index (χ3n) is 2.77. The molecular formula is C13H13BrN2O2S. The Bertz CT molecular complexity index is 612. The van der Waals surface area contributed by atoms with Gasteiger partial charge in [-0.2, -0.15) is 0 Å². The third kappa shape index (κ3) is 3.13. The van der Waals surface area contributed by atoms with Crippen molar-refractivity contribution in [1.82, 2.24) is 9.88 Å². The van der Waals surface area contributed by atoms with Crippen molar-refractivity contribution in [3.8, 4) is 5.75 Å². The zero-order valence-corrected chi connectivity index (χ0v) is 13.0. The summed E-state index contributed by atoms with van der Waals surface area (Å²) in [6.07, 6.45) is 0. The Morgan fingerprint density at radius 2 is 2.26 bits per heavy atom. The van der Waals surface area contributed by atoms with E-state index in [9.17, 15) is 9.90 Å². The van der Waals surface area contributed by atoms with Gasteiger partial charge in [0.1, 0.15) is 5.75 Å². The Kier molecular flexibility index (Phi) is 4.21. The Hall–Kier alpha value is -1.40. The number of carbonyl (C=O) groups excluding carboxylic acids is 1. The van der Waals surface area contributed by atoms with Gasteiger partial charge in [-0.1, -0.05) is 0 Å². The molecule has 19 heavy (non-hydrogen) atoms. The molecule has 0 aliphatic heterocycles. The standard InChI is InChI=1S/C13H13BrN2O2S/c1-8-12(19-7-15-8)6-16(2)13(18)9-3-4-10(14)11(17)5-9/h3-5,7,17H,6H2,1-2H3. The number of benzene rings is 1. The van der Waals surface area contributed by atoms with E-state index in [1.165, 1.54) is 17.4 Å². The van der Waals surface area contributed by atoms with Crippen LogP contribution in [0, 0.1) is 6.92 Å². The van der Waals surface area contributed by atoms with E-state index in [4.69, 9.17) is 0 Å². The molecule has 100 valence electrons. The van der Waals surface area contributed by atoms with Gasteiger partial charge in [-0.05, 0) is 41.1 Å². The summed E-state index contributed by atoms with van der Waals surface area (Å²) in [6, 6.07) is 4.80. The van der Waals surface area contributed by atoms with Crippen molar-refractivity contribution >= 4 is 33.2 Å². The van der Waals surface area contributed by atoms with E-state index in [0.717, 1.165) is 10.6 Å². The molecule has 6 heteroatoms. The molecule has 0 unspecified atom stereocenters. The van der Waals surface area contributed by atoms with Crippen LogP contribution < -0.4 is 0 Å². The number of aromatic hydroxyl groups is 1. The van der Waals surface area contributed by atoms with Crippen molar-refractivity contribution in [3.63, 3.8) is 0 Å². The highest BCUT2D eigenvalue weighted by atomic mass is 79.9. The molecule has 1 amide bonds. The maximum atomic E-state index is 12.2. The number of hydrogen-bond donors (Lipinski definition) is 1. The van der Waals surface area contributed by atoms with Crippen LogP contribution >= 0.6 is 27.3 Å². The molecule has 0 aliphatic rings. The van der Waals surface area contributed by atoms with E-state index in [0.29, 0.717) is 16.6 Å². The summed E-state index contributed by atoms with van der Waals surface area (Å²) in [6.45, 7) is 2.45. The summed E-state index contributed by atoms with van der Waals surface area (Å²) in [5.41, 5.74) is 3.18. The number of rotatable bonds is 3. The first-order chi connectivity index (χ1) is 8.99. The largest absolute Gasteiger partial charge is 0.507 e. The Labute approximate surface area is 123 Å². The smallest absolute Gasteiger partial charge is 0.254 e. The first-order valence-corrected chi connectivity index (χ1v) is 7.29. The van der Waals surface area contributed by atoms with Crippen LogP contribution in [0.3, 0.4) is 0 Å². The predicted molar refractivity (Wildman–Crippen MR) is 78.5 cm³/mol. The molecule has 2 rings (SSSR count). The molecule has 0 saturated heterocycles. The minimum atomic E-state index is -0.129. The SMILES string of the molecule is Cc1ncsc1CN(C)C(=O)c1ccc(Br)c(O)c1. The third-order valence-corrected chi connectivity index (χ3v) is 4.36. The van der Waals surface area contributed by atoms with Crippen LogP contribution in [0.15, 0.2) is 28.2 Å². The lowest BCUT2D eigenvalue weighted by molar-refractivity contribution is 0.0786. The summed E-state index contributed by atoms with van der Waals surface area (Å²) >= 11 is 4.73. The Balaban J connectivity index is 2.15. The van der Waals surface area contributed by atoms with Crippen LogP contribution in [-0.2, 0) is 6.54 Å². The van der Waals surface area contributed by atoms with Gasteiger partial charge in [0.2, 0.25) is 0 Å². The van der Waals surface area contributed by atoms with Gasteiger partial charge in [-0.25, -0.2) is 4.98 Å². The fraction of sp³-hybridized carbons (Fsp3) is 0.231. The maximum absolute atomic E-state index is 12.2. The Morgan fingerprint density at radius 3 is 2.84 bits per heavy atom. The van der Waals surface area contributed by atoms with Crippen LogP contribution in [0.2, 0.25) is 0 Å². The summed E-state index contributed by atoms with van der Waals surface area (Å²) in [7, 11) is 1.74. The highest BCUT2D eigenvalue weighted by molar-refractivity contribution is 9.10. The van der Waals surface area contributed by atoms with Crippen LogP contribution in [0.1, 0.15) is 20.9 Å².